The molecule has 35 nitrogen and oxygen atoms in total. The van der Waals surface area contributed by atoms with Crippen LogP contribution in [-0.2, 0) is 71.1 Å². The van der Waals surface area contributed by atoms with Crippen molar-refractivity contribution >= 4 is 0 Å². The van der Waals surface area contributed by atoms with Gasteiger partial charge in [0, 0.05) is 12.8 Å². The Morgan fingerprint density at radius 2 is 0.554 bits per heavy atom. The molecule has 0 amide bonds. The van der Waals surface area contributed by atoms with Crippen LogP contribution in [0.25, 0.3) is 0 Å². The number of hydrogen-bond donors (Lipinski definition) is 20. The molecular formula is C48H82O35. The molecule has 8 aliphatic heterocycles. The van der Waals surface area contributed by atoms with E-state index in [1.54, 1.807) is 0 Å². The smallest absolute Gasteiger partial charge is 0.187 e. The van der Waals surface area contributed by atoms with Gasteiger partial charge in [0.25, 0.3) is 0 Å². The van der Waals surface area contributed by atoms with Crippen LogP contribution < -0.4 is 0 Å². The summed E-state index contributed by atoms with van der Waals surface area (Å²) >= 11 is 0. The Kier molecular flexibility index (Phi) is 23.3. The maximum Gasteiger partial charge on any atom is 0.187 e. The van der Waals surface area contributed by atoms with Gasteiger partial charge in [-0.3, -0.25) is 0 Å². The van der Waals surface area contributed by atoms with Crippen LogP contribution in [0, 0.1) is 0 Å². The Morgan fingerprint density at radius 1 is 0.253 bits per heavy atom. The molecule has 8 fully saturated rings. The summed E-state index contributed by atoms with van der Waals surface area (Å²) in [5.74, 6) is 0. The minimum atomic E-state index is -2.27. The molecule has 8 aliphatic rings. The van der Waals surface area contributed by atoms with Gasteiger partial charge in [-0.2, -0.15) is 0 Å². The van der Waals surface area contributed by atoms with Crippen LogP contribution in [0.15, 0.2) is 0 Å². The highest BCUT2D eigenvalue weighted by Crippen LogP contribution is 2.40. The molecule has 0 bridgehead atoms. The lowest BCUT2D eigenvalue weighted by Gasteiger charge is -2.51. The fourth-order valence-electron chi connectivity index (χ4n) is 11.1. The monoisotopic (exact) mass is 1220 g/mol. The molecule has 8 rings (SSSR count). The lowest BCUT2D eigenvalue weighted by Crippen LogP contribution is -2.69. The largest absolute Gasteiger partial charge is 0.394 e. The Balaban J connectivity index is 1.07. The SMILES string of the molecule is C[C@@H]1OC(O)[C@H](O)[C@H](O)[C@H]1O[C@H]1O[C@H](CO)[C@@H](O)[C@H](O[C@H]2O[C@H](C)[C@@H](O)C[C@@H]2O)[C@@H]1O[C@H]1O[C@H](CO)[C@H](O)[C@H](O)[C@H]1O[C@@H]1O[C@@H](C)[C@H](O[C@H]2O[C@H](CO)[C@@H](O)[C@H](O[C@H]3O[C@H](C)[C@@H](O)C[C@@H]3O)[C@@H]2O[C@H]2O[C@H](CO)[C@H](O)[C@H](O)[C@H]2O)[C@@H](O)[C@H]1O. The van der Waals surface area contributed by atoms with E-state index in [2.05, 4.69) is 0 Å². The standard InChI is InChI=1S/C48H82O35/c1-11-15(53)5-17(55)42(70-11)79-36-25(59)21(9-51)75-47(39(36)82-45-32(66)27(61)23(57)19(7-49)73-45)78-35-14(4)72-44(33(67)30(35)64)81-38-28(62)24(58)20(8-50)74-46(38)83-40-37(80-43-18(56)6-16(54)12(2)71-43)26(60)22(10-52)76-48(40)77-34-13(3)69-41(68)31(65)29(34)63/h11-68H,5-10H2,1-4H3/t11-,12-,13+,14+,15+,16+,17+,18+,19-,20-,21-,22-,23+,24+,25-,26-,27+,28+,29+,30+,31-,32-,33-,34+,35+,36+,37+,38-,39+,40+,41?,42-,43-,44+,45-,46-,47-,48-/m1/s1. The van der Waals surface area contributed by atoms with E-state index in [-0.39, 0.29) is 12.8 Å². The van der Waals surface area contributed by atoms with Gasteiger partial charge in [0.2, 0.25) is 0 Å². The second-order valence-corrected chi connectivity index (χ2v) is 22.1. The molecule has 20 N–H and O–H groups in total. The van der Waals surface area contributed by atoms with Gasteiger partial charge in [-0.15, -0.1) is 0 Å². The molecule has 1 unspecified atom stereocenters. The first-order valence-corrected chi connectivity index (χ1v) is 27.4. The molecule has 83 heavy (non-hydrogen) atoms. The summed E-state index contributed by atoms with van der Waals surface area (Å²) in [6.45, 7) is 1.65. The van der Waals surface area contributed by atoms with Crippen molar-refractivity contribution in [3.8, 4) is 0 Å². The van der Waals surface area contributed by atoms with Crippen LogP contribution in [-0.4, -0.2) is 362 Å². The lowest BCUT2D eigenvalue weighted by atomic mass is 9.95. The van der Waals surface area contributed by atoms with E-state index in [1.807, 2.05) is 0 Å². The third kappa shape index (κ3) is 14.3. The molecule has 0 spiro atoms. The number of ether oxygens (including phenoxy) is 15. The van der Waals surface area contributed by atoms with Crippen molar-refractivity contribution in [2.75, 3.05) is 26.4 Å². The summed E-state index contributed by atoms with van der Waals surface area (Å²) in [5.41, 5.74) is 0. The van der Waals surface area contributed by atoms with Gasteiger partial charge in [-0.05, 0) is 27.7 Å². The van der Waals surface area contributed by atoms with Crippen molar-refractivity contribution in [2.45, 2.75) is 274 Å². The van der Waals surface area contributed by atoms with Crippen LogP contribution in [0.3, 0.4) is 0 Å². The maximum atomic E-state index is 11.9. The minimum Gasteiger partial charge on any atom is -0.394 e. The summed E-state index contributed by atoms with van der Waals surface area (Å²) in [6.07, 6.45) is -68.3. The molecule has 0 radical (unpaired) electrons. The topological polar surface area (TPSA) is 543 Å². The van der Waals surface area contributed by atoms with E-state index in [9.17, 15) is 102 Å². The number of aliphatic hydroxyl groups excluding tert-OH is 20. The number of rotatable bonds is 18. The Labute approximate surface area is 472 Å². The Bertz CT molecular complexity index is 1990. The Hall–Kier alpha value is -1.40. The molecule has 0 aromatic heterocycles. The van der Waals surface area contributed by atoms with Gasteiger partial charge >= 0.3 is 0 Å². The van der Waals surface area contributed by atoms with E-state index in [1.165, 1.54) is 27.7 Å². The summed E-state index contributed by atoms with van der Waals surface area (Å²) in [6, 6.07) is 0. The zero-order valence-electron chi connectivity index (χ0n) is 45.2. The molecule has 484 valence electrons. The fourth-order valence-corrected chi connectivity index (χ4v) is 11.1. The van der Waals surface area contributed by atoms with E-state index >= 15 is 0 Å². The summed E-state index contributed by atoms with van der Waals surface area (Å²) in [4.78, 5) is 0. The van der Waals surface area contributed by atoms with Gasteiger partial charge in [0.1, 0.15) is 146 Å². The number of hydrogen-bond acceptors (Lipinski definition) is 35. The number of aliphatic hydroxyl groups is 20. The first kappa shape index (κ1) is 67.5. The molecule has 0 saturated carbocycles. The third-order valence-electron chi connectivity index (χ3n) is 16.3. The Morgan fingerprint density at radius 3 is 1.01 bits per heavy atom. The molecular weight excluding hydrogens is 1140 g/mol. The van der Waals surface area contributed by atoms with Crippen molar-refractivity contribution in [3.63, 3.8) is 0 Å². The molecule has 0 aliphatic carbocycles. The zero-order valence-corrected chi connectivity index (χ0v) is 45.2. The second kappa shape index (κ2) is 28.6. The summed E-state index contributed by atoms with van der Waals surface area (Å²) in [7, 11) is 0. The van der Waals surface area contributed by atoms with Crippen LogP contribution in [0.2, 0.25) is 0 Å². The van der Waals surface area contributed by atoms with Crippen molar-refractivity contribution in [1.29, 1.82) is 0 Å². The first-order chi connectivity index (χ1) is 39.2. The van der Waals surface area contributed by atoms with Gasteiger partial charge in [-0.25, -0.2) is 0 Å². The first-order valence-electron chi connectivity index (χ1n) is 27.4. The molecule has 8 saturated heterocycles. The average molecular weight is 1220 g/mol. The van der Waals surface area contributed by atoms with Crippen LogP contribution >= 0.6 is 0 Å². The predicted octanol–water partition coefficient (Wildman–Crippen LogP) is -12.3. The predicted molar refractivity (Wildman–Crippen MR) is 256 cm³/mol. The zero-order chi connectivity index (χ0) is 60.8. The highest BCUT2D eigenvalue weighted by Gasteiger charge is 2.59. The summed E-state index contributed by atoms with van der Waals surface area (Å²) in [5, 5.41) is 218. The van der Waals surface area contributed by atoms with Crippen molar-refractivity contribution in [3.05, 3.63) is 0 Å². The molecule has 38 atom stereocenters. The molecule has 8 heterocycles. The lowest BCUT2D eigenvalue weighted by molar-refractivity contribution is -0.417. The van der Waals surface area contributed by atoms with E-state index in [0.29, 0.717) is 0 Å². The van der Waals surface area contributed by atoms with Gasteiger partial charge in [-0.1, -0.05) is 0 Å². The van der Waals surface area contributed by atoms with E-state index in [0.717, 1.165) is 0 Å². The van der Waals surface area contributed by atoms with Gasteiger partial charge in [0.05, 0.1) is 63.1 Å². The van der Waals surface area contributed by atoms with Crippen LogP contribution in [0.4, 0.5) is 0 Å². The van der Waals surface area contributed by atoms with Crippen molar-refractivity contribution in [1.82, 2.24) is 0 Å². The average Bonchev–Trinajstić information content (AvgIpc) is 3.09. The molecule has 0 aromatic rings. The quantitative estimate of drug-likeness (QED) is 0.0606. The molecule has 35 heteroatoms. The van der Waals surface area contributed by atoms with E-state index < -0.39 is 260 Å². The third-order valence-corrected chi connectivity index (χ3v) is 16.3. The van der Waals surface area contributed by atoms with Crippen LogP contribution in [0.5, 0.6) is 0 Å². The second-order valence-electron chi connectivity index (χ2n) is 22.1. The fraction of sp³-hybridized carbons (Fsp3) is 1.00. The normalized spacial score (nSPS) is 54.8. The van der Waals surface area contributed by atoms with E-state index in [4.69, 9.17) is 71.1 Å². The van der Waals surface area contributed by atoms with Gasteiger partial charge < -0.3 is 173 Å². The minimum absolute atomic E-state index is 0.284. The highest BCUT2D eigenvalue weighted by molar-refractivity contribution is 5.01. The van der Waals surface area contributed by atoms with Gasteiger partial charge in [0.15, 0.2) is 50.3 Å². The van der Waals surface area contributed by atoms with Crippen molar-refractivity contribution < 1.29 is 173 Å². The summed E-state index contributed by atoms with van der Waals surface area (Å²) < 4.78 is 89.0. The van der Waals surface area contributed by atoms with Crippen molar-refractivity contribution in [2.24, 2.45) is 0 Å². The van der Waals surface area contributed by atoms with Crippen LogP contribution in [0.1, 0.15) is 40.5 Å². The maximum absolute atomic E-state index is 11.9. The highest BCUT2D eigenvalue weighted by atomic mass is 16.8. The molecule has 0 aromatic carbocycles.